The van der Waals surface area contributed by atoms with Crippen molar-refractivity contribution in [1.82, 2.24) is 9.78 Å². The van der Waals surface area contributed by atoms with Gasteiger partial charge in [0.25, 0.3) is 0 Å². The van der Waals surface area contributed by atoms with Crippen LogP contribution in [0.3, 0.4) is 0 Å². The Hall–Kier alpha value is -1.81. The predicted molar refractivity (Wildman–Crippen MR) is 80.8 cm³/mol. The second-order valence-electron chi connectivity index (χ2n) is 5.51. The van der Waals surface area contributed by atoms with Crippen LogP contribution < -0.4 is 10.5 Å². The van der Waals surface area contributed by atoms with Crippen LogP contribution in [0.25, 0.3) is 0 Å². The van der Waals surface area contributed by atoms with Crippen molar-refractivity contribution >= 4 is 0 Å². The van der Waals surface area contributed by atoms with Crippen LogP contribution in [0, 0.1) is 13.8 Å². The van der Waals surface area contributed by atoms with Crippen molar-refractivity contribution in [2.45, 2.75) is 39.8 Å². The molecule has 0 aliphatic rings. The maximum absolute atomic E-state index is 5.92. The third kappa shape index (κ3) is 3.61. The summed E-state index contributed by atoms with van der Waals surface area (Å²) in [4.78, 5) is 0. The monoisotopic (exact) mass is 273 g/mol. The van der Waals surface area contributed by atoms with E-state index in [2.05, 4.69) is 31.1 Å². The zero-order chi connectivity index (χ0) is 14.7. The van der Waals surface area contributed by atoms with E-state index in [0.717, 1.165) is 29.0 Å². The first-order valence-electron chi connectivity index (χ1n) is 6.92. The number of aryl methyl sites for hydroxylation is 3. The molecule has 1 unspecified atom stereocenters. The smallest absolute Gasteiger partial charge is 0.132 e. The number of hydrogen-bond acceptors (Lipinski definition) is 3. The number of aromatic nitrogens is 2. The predicted octanol–water partition coefficient (Wildman–Crippen LogP) is 2.51. The van der Waals surface area contributed by atoms with Crippen LogP contribution in [-0.2, 0) is 20.1 Å². The highest BCUT2D eigenvalue weighted by molar-refractivity contribution is 5.43. The fraction of sp³-hybridized carbons (Fsp3) is 0.438. The van der Waals surface area contributed by atoms with E-state index in [9.17, 15) is 0 Å². The van der Waals surface area contributed by atoms with Gasteiger partial charge in [0.15, 0.2) is 0 Å². The van der Waals surface area contributed by atoms with E-state index in [1.807, 2.05) is 26.2 Å². The number of hydrogen-bond donors (Lipinski definition) is 1. The zero-order valence-corrected chi connectivity index (χ0v) is 12.7. The summed E-state index contributed by atoms with van der Waals surface area (Å²) < 4.78 is 7.70. The normalized spacial score (nSPS) is 12.4. The van der Waals surface area contributed by atoms with Crippen molar-refractivity contribution in [3.05, 3.63) is 46.8 Å². The number of nitrogens with zero attached hydrogens (tertiary/aromatic N) is 2. The molecular formula is C16H23N3O. The van der Waals surface area contributed by atoms with Gasteiger partial charge in [0.05, 0.1) is 5.69 Å². The molecule has 1 aromatic heterocycles. The molecule has 1 aromatic carbocycles. The number of ether oxygens (including phenoxy) is 1. The van der Waals surface area contributed by atoms with Gasteiger partial charge in [-0.2, -0.15) is 5.10 Å². The second kappa shape index (κ2) is 6.09. The maximum atomic E-state index is 5.92. The summed E-state index contributed by atoms with van der Waals surface area (Å²) in [7, 11) is 1.91. The lowest BCUT2D eigenvalue weighted by Crippen LogP contribution is -2.18. The highest BCUT2D eigenvalue weighted by Crippen LogP contribution is 2.26. The minimum absolute atomic E-state index is 0.175. The van der Waals surface area contributed by atoms with Gasteiger partial charge in [-0.1, -0.05) is 12.1 Å². The van der Waals surface area contributed by atoms with E-state index in [4.69, 9.17) is 10.5 Å². The standard InChI is InChI=1S/C16H23N3O/c1-11-7-14(9-13(3)17)8-12(2)16(11)20-10-15-5-6-19(4)18-15/h5-8,13H,9-10,17H2,1-4H3. The van der Waals surface area contributed by atoms with Crippen molar-refractivity contribution in [1.29, 1.82) is 0 Å². The van der Waals surface area contributed by atoms with Gasteiger partial charge in [0.1, 0.15) is 12.4 Å². The molecule has 2 N–H and O–H groups in total. The Labute approximate surface area is 120 Å². The van der Waals surface area contributed by atoms with Crippen LogP contribution in [0.15, 0.2) is 24.4 Å². The first kappa shape index (κ1) is 14.6. The molecule has 0 spiro atoms. The summed E-state index contributed by atoms with van der Waals surface area (Å²) in [5, 5.41) is 4.32. The average molecular weight is 273 g/mol. The summed E-state index contributed by atoms with van der Waals surface area (Å²) in [6.07, 6.45) is 2.81. The summed E-state index contributed by atoms with van der Waals surface area (Å²) in [5.41, 5.74) is 10.4. The van der Waals surface area contributed by atoms with Gasteiger partial charge in [-0.15, -0.1) is 0 Å². The lowest BCUT2D eigenvalue weighted by Gasteiger charge is -2.14. The van der Waals surface area contributed by atoms with Crippen molar-refractivity contribution in [3.63, 3.8) is 0 Å². The van der Waals surface area contributed by atoms with Crippen LogP contribution in [0.5, 0.6) is 5.75 Å². The second-order valence-corrected chi connectivity index (χ2v) is 5.51. The topological polar surface area (TPSA) is 53.1 Å². The fourth-order valence-corrected chi connectivity index (χ4v) is 2.44. The molecule has 4 heteroatoms. The molecule has 0 radical (unpaired) electrons. The average Bonchev–Trinajstić information content (AvgIpc) is 2.73. The van der Waals surface area contributed by atoms with Gasteiger partial charge >= 0.3 is 0 Å². The van der Waals surface area contributed by atoms with E-state index in [0.29, 0.717) is 6.61 Å². The molecule has 1 atom stereocenters. The van der Waals surface area contributed by atoms with Crippen LogP contribution in [0.4, 0.5) is 0 Å². The van der Waals surface area contributed by atoms with Crippen LogP contribution in [0.2, 0.25) is 0 Å². The quantitative estimate of drug-likeness (QED) is 0.910. The number of rotatable bonds is 5. The molecule has 0 aliphatic carbocycles. The zero-order valence-electron chi connectivity index (χ0n) is 12.7. The molecule has 0 fully saturated rings. The molecular weight excluding hydrogens is 250 g/mol. The van der Waals surface area contributed by atoms with Crippen molar-refractivity contribution in [3.8, 4) is 5.75 Å². The van der Waals surface area contributed by atoms with Crippen LogP contribution in [0.1, 0.15) is 29.3 Å². The molecule has 2 rings (SSSR count). The van der Waals surface area contributed by atoms with E-state index < -0.39 is 0 Å². The number of benzene rings is 1. The van der Waals surface area contributed by atoms with E-state index >= 15 is 0 Å². The Morgan fingerprint density at radius 2 is 1.95 bits per heavy atom. The molecule has 2 aromatic rings. The molecule has 0 aliphatic heterocycles. The number of nitrogens with two attached hydrogens (primary N) is 1. The minimum Gasteiger partial charge on any atom is -0.487 e. The van der Waals surface area contributed by atoms with Gasteiger partial charge in [-0.25, -0.2) is 0 Å². The third-order valence-electron chi connectivity index (χ3n) is 3.21. The Morgan fingerprint density at radius 1 is 1.30 bits per heavy atom. The molecule has 4 nitrogen and oxygen atoms in total. The van der Waals surface area contributed by atoms with Crippen molar-refractivity contribution < 1.29 is 4.74 Å². The van der Waals surface area contributed by atoms with Gasteiger partial charge < -0.3 is 10.5 Å². The Balaban J connectivity index is 2.11. The molecule has 0 bridgehead atoms. The molecule has 1 heterocycles. The lowest BCUT2D eigenvalue weighted by atomic mass is 10.0. The minimum atomic E-state index is 0.175. The Bertz CT molecular complexity index is 564. The van der Waals surface area contributed by atoms with E-state index in [-0.39, 0.29) is 6.04 Å². The first-order chi connectivity index (χ1) is 9.45. The molecule has 0 amide bonds. The highest BCUT2D eigenvalue weighted by Gasteiger charge is 2.09. The SMILES string of the molecule is Cc1cc(CC(C)N)cc(C)c1OCc1ccn(C)n1. The fourth-order valence-electron chi connectivity index (χ4n) is 2.44. The first-order valence-corrected chi connectivity index (χ1v) is 6.92. The largest absolute Gasteiger partial charge is 0.487 e. The van der Waals surface area contributed by atoms with Gasteiger partial charge in [-0.3, -0.25) is 4.68 Å². The maximum Gasteiger partial charge on any atom is 0.132 e. The van der Waals surface area contributed by atoms with Gasteiger partial charge in [0.2, 0.25) is 0 Å². The van der Waals surface area contributed by atoms with E-state index in [1.54, 1.807) is 4.68 Å². The van der Waals surface area contributed by atoms with Gasteiger partial charge in [-0.05, 0) is 49.9 Å². The highest BCUT2D eigenvalue weighted by atomic mass is 16.5. The Kier molecular flexibility index (Phi) is 4.45. The summed E-state index contributed by atoms with van der Waals surface area (Å²) in [6.45, 7) is 6.67. The van der Waals surface area contributed by atoms with Crippen molar-refractivity contribution in [2.75, 3.05) is 0 Å². The van der Waals surface area contributed by atoms with Crippen LogP contribution >= 0.6 is 0 Å². The third-order valence-corrected chi connectivity index (χ3v) is 3.21. The van der Waals surface area contributed by atoms with Gasteiger partial charge in [0, 0.05) is 19.3 Å². The Morgan fingerprint density at radius 3 is 2.45 bits per heavy atom. The molecule has 108 valence electrons. The summed E-state index contributed by atoms with van der Waals surface area (Å²) in [5.74, 6) is 0.948. The molecule has 0 saturated heterocycles. The van der Waals surface area contributed by atoms with Crippen molar-refractivity contribution in [2.24, 2.45) is 12.8 Å². The lowest BCUT2D eigenvalue weighted by molar-refractivity contribution is 0.296. The summed E-state index contributed by atoms with van der Waals surface area (Å²) in [6, 6.07) is 6.46. The molecule has 0 saturated carbocycles. The van der Waals surface area contributed by atoms with E-state index in [1.165, 1.54) is 5.56 Å². The van der Waals surface area contributed by atoms with Crippen LogP contribution in [-0.4, -0.2) is 15.8 Å². The molecule has 20 heavy (non-hydrogen) atoms. The summed E-state index contributed by atoms with van der Waals surface area (Å²) >= 11 is 0.